The summed E-state index contributed by atoms with van der Waals surface area (Å²) in [5, 5.41) is 11.7. The number of hydrogen-bond acceptors (Lipinski definition) is 5. The highest BCUT2D eigenvalue weighted by Gasteiger charge is 2.31. The lowest BCUT2D eigenvalue weighted by Crippen LogP contribution is -2.38. The maximum Gasteiger partial charge on any atom is 0.416 e. The van der Waals surface area contributed by atoms with Crippen LogP contribution in [-0.4, -0.2) is 21.7 Å². The number of aromatic nitrogens is 1. The fourth-order valence-corrected chi connectivity index (χ4v) is 3.65. The molecule has 0 spiro atoms. The maximum atomic E-state index is 12.7. The van der Waals surface area contributed by atoms with E-state index in [0.717, 1.165) is 23.3 Å². The highest BCUT2D eigenvalue weighted by Crippen LogP contribution is 2.33. The van der Waals surface area contributed by atoms with Gasteiger partial charge in [0.1, 0.15) is 23.1 Å². The molecule has 3 aromatic rings. The van der Waals surface area contributed by atoms with Gasteiger partial charge in [-0.3, -0.25) is 0 Å². The zero-order chi connectivity index (χ0) is 23.7. The van der Waals surface area contributed by atoms with Crippen LogP contribution >= 0.6 is 11.3 Å². The van der Waals surface area contributed by atoms with Gasteiger partial charge in [0.15, 0.2) is 5.60 Å². The highest BCUT2D eigenvalue weighted by atomic mass is 32.1. The molecule has 0 saturated heterocycles. The van der Waals surface area contributed by atoms with Crippen molar-refractivity contribution in [2.45, 2.75) is 46.1 Å². The minimum absolute atomic E-state index is 0.186. The summed E-state index contributed by atoms with van der Waals surface area (Å²) >= 11 is 1.35. The van der Waals surface area contributed by atoms with Gasteiger partial charge in [-0.1, -0.05) is 12.1 Å². The lowest BCUT2D eigenvalue weighted by atomic mass is 10.1. The van der Waals surface area contributed by atoms with E-state index in [-0.39, 0.29) is 6.61 Å². The number of aliphatic carboxylic acids is 1. The van der Waals surface area contributed by atoms with E-state index in [2.05, 4.69) is 4.98 Å². The molecule has 0 aliphatic heterocycles. The molecule has 2 aromatic carbocycles. The van der Waals surface area contributed by atoms with Crippen LogP contribution in [0.2, 0.25) is 0 Å². The molecule has 1 N–H and O–H groups in total. The molecule has 9 heteroatoms. The van der Waals surface area contributed by atoms with E-state index in [1.54, 1.807) is 31.4 Å². The molecule has 0 aliphatic rings. The van der Waals surface area contributed by atoms with Crippen LogP contribution in [0.1, 0.15) is 35.5 Å². The molecule has 32 heavy (non-hydrogen) atoms. The first-order valence-corrected chi connectivity index (χ1v) is 10.5. The molecule has 0 radical (unpaired) electrons. The number of carboxylic acids is 1. The predicted octanol–water partition coefficient (Wildman–Crippen LogP) is 6.27. The van der Waals surface area contributed by atoms with E-state index in [1.165, 1.54) is 37.3 Å². The number of thiazole rings is 1. The van der Waals surface area contributed by atoms with Crippen LogP contribution in [0.3, 0.4) is 0 Å². The third-order valence-electron chi connectivity index (χ3n) is 4.73. The second-order valence-electron chi connectivity index (χ2n) is 7.79. The molecule has 1 aromatic heterocycles. The summed E-state index contributed by atoms with van der Waals surface area (Å²) < 4.78 is 49.7. The van der Waals surface area contributed by atoms with Gasteiger partial charge in [0.2, 0.25) is 0 Å². The van der Waals surface area contributed by atoms with Gasteiger partial charge >= 0.3 is 12.1 Å². The topological polar surface area (TPSA) is 68.7 Å². The van der Waals surface area contributed by atoms with Crippen LogP contribution in [0.15, 0.2) is 41.8 Å². The number of aryl methyl sites for hydroxylation is 2. The summed E-state index contributed by atoms with van der Waals surface area (Å²) in [6.07, 6.45) is -4.38. The molecule has 0 bridgehead atoms. The molecular weight excluding hydrogens is 443 g/mol. The van der Waals surface area contributed by atoms with Crippen LogP contribution in [-0.2, 0) is 17.6 Å². The Morgan fingerprint density at radius 1 is 1.09 bits per heavy atom. The number of alkyl halides is 3. The Kier molecular flexibility index (Phi) is 6.50. The second kappa shape index (κ2) is 8.82. The van der Waals surface area contributed by atoms with Crippen molar-refractivity contribution in [2.75, 3.05) is 0 Å². The number of carboxylic acid groups (broad SMARTS) is 1. The van der Waals surface area contributed by atoms with Crippen molar-refractivity contribution in [3.8, 4) is 22.8 Å². The van der Waals surface area contributed by atoms with Crippen molar-refractivity contribution in [1.29, 1.82) is 0 Å². The summed E-state index contributed by atoms with van der Waals surface area (Å²) in [6, 6.07) is 8.37. The number of nitrogens with zero attached hydrogens (tertiary/aromatic N) is 1. The van der Waals surface area contributed by atoms with Gasteiger partial charge in [0.05, 0.1) is 11.3 Å². The summed E-state index contributed by atoms with van der Waals surface area (Å²) in [4.78, 5) is 15.8. The second-order valence-corrected chi connectivity index (χ2v) is 8.74. The molecule has 0 amide bonds. The third kappa shape index (κ3) is 5.40. The van der Waals surface area contributed by atoms with Gasteiger partial charge in [-0.15, -0.1) is 11.3 Å². The Labute approximate surface area is 187 Å². The van der Waals surface area contributed by atoms with Crippen molar-refractivity contribution in [1.82, 2.24) is 4.98 Å². The SMILES string of the molecule is Cc1cc(OCc2nc(-c3ccc(C(F)(F)F)cc3)cs2)cc(C)c1OC(C)(C)C(=O)O. The molecule has 5 nitrogen and oxygen atoms in total. The molecule has 1 heterocycles. The minimum atomic E-state index is -4.38. The lowest BCUT2D eigenvalue weighted by molar-refractivity contribution is -0.152. The first-order chi connectivity index (χ1) is 14.9. The van der Waals surface area contributed by atoms with E-state index >= 15 is 0 Å². The van der Waals surface area contributed by atoms with Crippen LogP contribution in [0.5, 0.6) is 11.5 Å². The van der Waals surface area contributed by atoms with Gasteiger partial charge < -0.3 is 14.6 Å². The zero-order valence-electron chi connectivity index (χ0n) is 17.9. The Bertz CT molecular complexity index is 1100. The molecule has 0 aliphatic carbocycles. The third-order valence-corrected chi connectivity index (χ3v) is 5.55. The molecule has 170 valence electrons. The highest BCUT2D eigenvalue weighted by molar-refractivity contribution is 7.09. The van der Waals surface area contributed by atoms with Crippen molar-refractivity contribution in [3.63, 3.8) is 0 Å². The number of carbonyl (C=O) groups is 1. The Morgan fingerprint density at radius 3 is 2.22 bits per heavy atom. The standard InChI is InChI=1S/C23H22F3NO4S/c1-13-9-17(10-14(2)20(13)31-22(3,4)21(28)29)30-11-19-27-18(12-32-19)15-5-7-16(8-6-15)23(24,25)26/h5-10,12H,11H2,1-4H3,(H,28,29). The smallest absolute Gasteiger partial charge is 0.416 e. The average molecular weight is 465 g/mol. The van der Waals surface area contributed by atoms with Crippen LogP contribution in [0.4, 0.5) is 13.2 Å². The van der Waals surface area contributed by atoms with E-state index in [1.807, 2.05) is 0 Å². The van der Waals surface area contributed by atoms with Gasteiger partial charge in [0.25, 0.3) is 0 Å². The Morgan fingerprint density at radius 2 is 1.69 bits per heavy atom. The number of rotatable bonds is 7. The normalized spacial score (nSPS) is 12.0. The first kappa shape index (κ1) is 23.6. The first-order valence-electron chi connectivity index (χ1n) is 9.65. The van der Waals surface area contributed by atoms with E-state index in [0.29, 0.717) is 27.8 Å². The summed E-state index contributed by atoms with van der Waals surface area (Å²) in [7, 11) is 0. The number of ether oxygens (including phenoxy) is 2. The van der Waals surface area contributed by atoms with Gasteiger partial charge in [0, 0.05) is 10.9 Å². The molecule has 0 fully saturated rings. The van der Waals surface area contributed by atoms with E-state index in [4.69, 9.17) is 9.47 Å². The zero-order valence-corrected chi connectivity index (χ0v) is 18.7. The summed E-state index contributed by atoms with van der Waals surface area (Å²) in [6.45, 7) is 6.76. The van der Waals surface area contributed by atoms with Crippen molar-refractivity contribution in [2.24, 2.45) is 0 Å². The molecule has 0 atom stereocenters. The molecular formula is C23H22F3NO4S. The predicted molar refractivity (Wildman–Crippen MR) is 115 cm³/mol. The number of benzene rings is 2. The van der Waals surface area contributed by atoms with Gasteiger partial charge in [-0.25, -0.2) is 9.78 Å². The van der Waals surface area contributed by atoms with Crippen LogP contribution < -0.4 is 9.47 Å². The molecule has 0 unspecified atom stereocenters. The Balaban J connectivity index is 1.69. The molecule has 3 rings (SSSR count). The fraction of sp³-hybridized carbons (Fsp3) is 0.304. The average Bonchev–Trinajstić information content (AvgIpc) is 3.17. The van der Waals surface area contributed by atoms with Crippen molar-refractivity contribution >= 4 is 17.3 Å². The van der Waals surface area contributed by atoms with E-state index in [9.17, 15) is 23.1 Å². The quantitative estimate of drug-likeness (QED) is 0.446. The van der Waals surface area contributed by atoms with Crippen molar-refractivity contribution < 1.29 is 32.5 Å². The fourth-order valence-electron chi connectivity index (χ4n) is 2.94. The number of hydrogen-bond donors (Lipinski definition) is 1. The summed E-state index contributed by atoms with van der Waals surface area (Å²) in [5.41, 5.74) is 0.569. The minimum Gasteiger partial charge on any atom is -0.486 e. The summed E-state index contributed by atoms with van der Waals surface area (Å²) in [5.74, 6) is -0.000374. The number of halogens is 3. The molecule has 0 saturated carbocycles. The lowest BCUT2D eigenvalue weighted by Gasteiger charge is -2.24. The largest absolute Gasteiger partial charge is 0.486 e. The van der Waals surface area contributed by atoms with Crippen LogP contribution in [0.25, 0.3) is 11.3 Å². The van der Waals surface area contributed by atoms with Gasteiger partial charge in [-0.05, 0) is 63.1 Å². The van der Waals surface area contributed by atoms with Crippen molar-refractivity contribution in [3.05, 3.63) is 63.5 Å². The monoisotopic (exact) mass is 465 g/mol. The van der Waals surface area contributed by atoms with Crippen LogP contribution in [0, 0.1) is 13.8 Å². The van der Waals surface area contributed by atoms with E-state index < -0.39 is 23.3 Å². The maximum absolute atomic E-state index is 12.7. The Hall–Kier alpha value is -3.07. The van der Waals surface area contributed by atoms with Gasteiger partial charge in [-0.2, -0.15) is 13.2 Å².